The van der Waals surface area contributed by atoms with E-state index in [1.165, 1.54) is 0 Å². The van der Waals surface area contributed by atoms with Gasteiger partial charge in [-0.3, -0.25) is 4.90 Å². The molecule has 1 aliphatic heterocycles. The van der Waals surface area contributed by atoms with Crippen molar-refractivity contribution in [1.82, 2.24) is 15.1 Å². The number of carbonyl (C=O) groups excluding carboxylic acids is 1. The Labute approximate surface area is 142 Å². The molecule has 1 unspecified atom stereocenters. The fourth-order valence-corrected chi connectivity index (χ4v) is 2.69. The van der Waals surface area contributed by atoms with Crippen LogP contribution in [0.2, 0.25) is 0 Å². The molecule has 1 aromatic heterocycles. The molecule has 0 spiro atoms. The summed E-state index contributed by atoms with van der Waals surface area (Å²) < 4.78 is 11.2. The number of benzene rings is 1. The zero-order chi connectivity index (χ0) is 17.2. The third-order valence-corrected chi connectivity index (χ3v) is 3.71. The van der Waals surface area contributed by atoms with Gasteiger partial charge in [-0.1, -0.05) is 35.8 Å². The second-order valence-electron chi connectivity index (χ2n) is 6.87. The highest BCUT2D eigenvalue weighted by atomic mass is 16.6. The molecule has 24 heavy (non-hydrogen) atoms. The molecule has 0 aliphatic carbocycles. The van der Waals surface area contributed by atoms with Crippen LogP contribution >= 0.6 is 0 Å². The molecule has 0 N–H and O–H groups in total. The first-order chi connectivity index (χ1) is 11.4. The minimum Gasteiger partial charge on any atom is -0.444 e. The minimum absolute atomic E-state index is 0.217. The van der Waals surface area contributed by atoms with Crippen LogP contribution in [0.4, 0.5) is 4.79 Å². The van der Waals surface area contributed by atoms with Crippen LogP contribution in [0.5, 0.6) is 0 Å². The molecule has 1 radical (unpaired) electrons. The van der Waals surface area contributed by atoms with Crippen molar-refractivity contribution in [1.29, 1.82) is 0 Å². The Morgan fingerprint density at radius 1 is 1.29 bits per heavy atom. The van der Waals surface area contributed by atoms with Gasteiger partial charge >= 0.3 is 6.09 Å². The summed E-state index contributed by atoms with van der Waals surface area (Å²) in [5, 5.41) is 8.20. The predicted octanol–water partition coefficient (Wildman–Crippen LogP) is 1.80. The Bertz CT molecular complexity index is 697. The monoisotopic (exact) mass is 326 g/mol. The lowest BCUT2D eigenvalue weighted by Crippen LogP contribution is -2.36. The Kier molecular flexibility index (Phi) is 4.60. The average Bonchev–Trinajstić information content (AvgIpc) is 3.15. The van der Waals surface area contributed by atoms with Gasteiger partial charge in [-0.2, -0.15) is 0 Å². The molecule has 1 atom stereocenters. The first kappa shape index (κ1) is 16.5. The summed E-state index contributed by atoms with van der Waals surface area (Å²) >= 11 is 0. The van der Waals surface area contributed by atoms with Gasteiger partial charge < -0.3 is 9.15 Å². The van der Waals surface area contributed by atoms with Gasteiger partial charge in [0.25, 0.3) is 7.28 Å². The van der Waals surface area contributed by atoms with E-state index in [0.717, 1.165) is 18.3 Å². The molecule has 6 nitrogen and oxygen atoms in total. The molecule has 1 aliphatic rings. The lowest BCUT2D eigenvalue weighted by atomic mass is 9.70. The highest BCUT2D eigenvalue weighted by molar-refractivity contribution is 6.65. The fourth-order valence-electron chi connectivity index (χ4n) is 2.69. The minimum atomic E-state index is -0.523. The number of hydrogen-bond donors (Lipinski definition) is 0. The van der Waals surface area contributed by atoms with E-state index < -0.39 is 5.60 Å². The van der Waals surface area contributed by atoms with Crippen LogP contribution in [0.25, 0.3) is 0 Å². The first-order valence-corrected chi connectivity index (χ1v) is 8.15. The zero-order valence-electron chi connectivity index (χ0n) is 14.2. The molecule has 2 heterocycles. The Balaban J connectivity index is 1.70. The molecule has 3 rings (SSSR count). The molecule has 1 saturated heterocycles. The normalized spacial score (nSPS) is 17.8. The molecule has 1 amide bonds. The smallest absolute Gasteiger partial charge is 0.410 e. The summed E-state index contributed by atoms with van der Waals surface area (Å²) in [6, 6.07) is 9.56. The molecule has 1 fully saturated rings. The van der Waals surface area contributed by atoms with Crippen molar-refractivity contribution < 1.29 is 13.9 Å². The summed E-state index contributed by atoms with van der Waals surface area (Å²) in [6.45, 7) is 6.21. The Morgan fingerprint density at radius 2 is 2.04 bits per heavy atom. The second-order valence-corrected chi connectivity index (χ2v) is 6.87. The number of carbonyl (C=O) groups is 1. The number of amides is 1. The number of rotatable bonds is 3. The highest BCUT2D eigenvalue weighted by Crippen LogP contribution is 2.31. The van der Waals surface area contributed by atoms with Crippen LogP contribution in [-0.2, 0) is 4.74 Å². The van der Waals surface area contributed by atoms with Gasteiger partial charge in [-0.25, -0.2) is 4.79 Å². The predicted molar refractivity (Wildman–Crippen MR) is 90.7 cm³/mol. The topological polar surface area (TPSA) is 68.5 Å². The maximum absolute atomic E-state index is 12.3. The number of nitrogens with zero attached hydrogens (tertiary/aromatic N) is 3. The van der Waals surface area contributed by atoms with Gasteiger partial charge in [0.05, 0.1) is 0 Å². The van der Waals surface area contributed by atoms with Crippen LogP contribution in [0.1, 0.15) is 45.5 Å². The molecular weight excluding hydrogens is 305 g/mol. The van der Waals surface area contributed by atoms with Crippen molar-refractivity contribution in [2.75, 3.05) is 6.54 Å². The van der Waals surface area contributed by atoms with E-state index in [2.05, 4.69) is 10.2 Å². The fraction of sp³-hybridized carbons (Fsp3) is 0.471. The largest absolute Gasteiger partial charge is 0.444 e. The van der Waals surface area contributed by atoms with E-state index >= 15 is 0 Å². The average molecular weight is 326 g/mol. The molecule has 2 aromatic rings. The molecule has 7 heteroatoms. The SMILES string of the molecule is CC(C)(C)OC(=O)N1CCCC1c1nnc([B]c2ccccc2)o1. The van der Waals surface area contributed by atoms with E-state index in [1.807, 2.05) is 58.4 Å². The van der Waals surface area contributed by atoms with Crippen molar-refractivity contribution in [3.8, 4) is 0 Å². The number of aromatic nitrogens is 2. The maximum atomic E-state index is 12.3. The van der Waals surface area contributed by atoms with Crippen LogP contribution in [0.3, 0.4) is 0 Å². The Morgan fingerprint density at radius 3 is 2.75 bits per heavy atom. The van der Waals surface area contributed by atoms with Crippen molar-refractivity contribution >= 4 is 24.6 Å². The lowest BCUT2D eigenvalue weighted by Gasteiger charge is -2.27. The van der Waals surface area contributed by atoms with Gasteiger partial charge in [0.1, 0.15) is 11.6 Å². The standard InChI is InChI=1S/C17H21BN3O3/c1-17(2,3)24-16(22)21-11-7-10-13(21)14-19-20-15(23-14)18-12-8-5-4-6-9-12/h4-6,8-9,13H,7,10-11H2,1-3H3. The van der Waals surface area contributed by atoms with Crippen molar-refractivity contribution in [2.45, 2.75) is 45.3 Å². The first-order valence-electron chi connectivity index (χ1n) is 8.15. The van der Waals surface area contributed by atoms with E-state index in [4.69, 9.17) is 9.15 Å². The molecule has 125 valence electrons. The zero-order valence-corrected chi connectivity index (χ0v) is 14.2. The summed E-state index contributed by atoms with van der Waals surface area (Å²) in [4.78, 5) is 14.0. The summed E-state index contributed by atoms with van der Waals surface area (Å²) in [7, 11) is 1.82. The van der Waals surface area contributed by atoms with Crippen molar-refractivity contribution in [3.63, 3.8) is 0 Å². The van der Waals surface area contributed by atoms with Gasteiger partial charge in [-0.15, -0.1) is 10.2 Å². The van der Waals surface area contributed by atoms with Crippen LogP contribution in [0.15, 0.2) is 34.7 Å². The molecule has 1 aromatic carbocycles. The molecule has 0 bridgehead atoms. The van der Waals surface area contributed by atoms with Gasteiger partial charge in [-0.05, 0) is 33.6 Å². The number of likely N-dealkylation sites (tertiary alicyclic amines) is 1. The quantitative estimate of drug-likeness (QED) is 0.805. The summed E-state index contributed by atoms with van der Waals surface area (Å²) in [5.41, 5.74) is 0.466. The van der Waals surface area contributed by atoms with Crippen LogP contribution in [0, 0.1) is 0 Å². The van der Waals surface area contributed by atoms with Gasteiger partial charge in [0.15, 0.2) is 5.79 Å². The van der Waals surface area contributed by atoms with E-state index in [9.17, 15) is 4.79 Å². The lowest BCUT2D eigenvalue weighted by molar-refractivity contribution is 0.0204. The summed E-state index contributed by atoms with van der Waals surface area (Å²) in [6.07, 6.45) is 1.35. The van der Waals surface area contributed by atoms with Crippen molar-refractivity contribution in [3.05, 3.63) is 36.2 Å². The number of hydrogen-bond acceptors (Lipinski definition) is 5. The van der Waals surface area contributed by atoms with E-state index in [0.29, 0.717) is 18.2 Å². The van der Waals surface area contributed by atoms with Crippen LogP contribution in [-0.4, -0.2) is 40.6 Å². The van der Waals surface area contributed by atoms with Crippen LogP contribution < -0.4 is 11.3 Å². The van der Waals surface area contributed by atoms with Gasteiger partial charge in [0, 0.05) is 6.54 Å². The highest BCUT2D eigenvalue weighted by Gasteiger charge is 2.36. The number of ether oxygens (including phenoxy) is 1. The van der Waals surface area contributed by atoms with Crippen molar-refractivity contribution in [2.24, 2.45) is 0 Å². The van der Waals surface area contributed by atoms with E-state index in [-0.39, 0.29) is 12.1 Å². The Hall–Kier alpha value is -2.31. The summed E-state index contributed by atoms with van der Waals surface area (Å²) in [5.74, 6) is 0.896. The molecular formula is C17H21BN3O3. The third kappa shape index (κ3) is 3.96. The maximum Gasteiger partial charge on any atom is 0.410 e. The third-order valence-electron chi connectivity index (χ3n) is 3.71. The van der Waals surface area contributed by atoms with E-state index in [1.54, 1.807) is 4.90 Å². The van der Waals surface area contributed by atoms with Gasteiger partial charge in [0.2, 0.25) is 5.89 Å². The molecule has 0 saturated carbocycles. The second kappa shape index (κ2) is 6.67.